The van der Waals surface area contributed by atoms with E-state index in [-0.39, 0.29) is 6.04 Å². The summed E-state index contributed by atoms with van der Waals surface area (Å²) in [5.74, 6) is -0.585. The molecule has 1 saturated carbocycles. The second kappa shape index (κ2) is 5.06. The van der Waals surface area contributed by atoms with Crippen molar-refractivity contribution in [2.75, 3.05) is 13.1 Å². The molecule has 0 radical (unpaired) electrons. The number of ether oxygens (including phenoxy) is 1. The van der Waals surface area contributed by atoms with Crippen molar-refractivity contribution in [1.82, 2.24) is 4.90 Å². The lowest BCUT2D eigenvalue weighted by Gasteiger charge is -2.48. The van der Waals surface area contributed by atoms with Crippen LogP contribution in [0.5, 0.6) is 0 Å². The highest BCUT2D eigenvalue weighted by Crippen LogP contribution is 2.44. The van der Waals surface area contributed by atoms with Crippen molar-refractivity contribution in [2.24, 2.45) is 5.41 Å². The maximum absolute atomic E-state index is 11.9. The van der Waals surface area contributed by atoms with Crippen LogP contribution in [0.4, 0.5) is 0 Å². The van der Waals surface area contributed by atoms with E-state index in [9.17, 15) is 9.90 Å². The van der Waals surface area contributed by atoms with Crippen LogP contribution in [0.1, 0.15) is 51.9 Å². The monoisotopic (exact) mass is 267 g/mol. The molecule has 2 heterocycles. The second-order valence-electron chi connectivity index (χ2n) is 6.49. The normalized spacial score (nSPS) is 43.3. The summed E-state index contributed by atoms with van der Waals surface area (Å²) in [6.45, 7) is 3.92. The molecule has 19 heavy (non-hydrogen) atoms. The Hall–Kier alpha value is -0.610. The van der Waals surface area contributed by atoms with E-state index in [2.05, 4.69) is 4.90 Å². The molecule has 4 heteroatoms. The number of carboxylic acids is 1. The van der Waals surface area contributed by atoms with Crippen LogP contribution in [-0.4, -0.2) is 47.3 Å². The molecule has 2 bridgehead atoms. The third-order valence-electron chi connectivity index (χ3n) is 5.56. The Balaban J connectivity index is 1.82. The number of hydrogen-bond donors (Lipinski definition) is 1. The third-order valence-corrected chi connectivity index (χ3v) is 5.56. The van der Waals surface area contributed by atoms with Gasteiger partial charge in [0.15, 0.2) is 0 Å². The Morgan fingerprint density at radius 1 is 1.26 bits per heavy atom. The van der Waals surface area contributed by atoms with Crippen LogP contribution in [0.2, 0.25) is 0 Å². The number of carboxylic acid groups (broad SMARTS) is 1. The van der Waals surface area contributed by atoms with Gasteiger partial charge >= 0.3 is 5.97 Å². The minimum Gasteiger partial charge on any atom is -0.481 e. The van der Waals surface area contributed by atoms with Crippen molar-refractivity contribution in [2.45, 2.75) is 70.1 Å². The molecule has 3 fully saturated rings. The lowest BCUT2D eigenvalue weighted by atomic mass is 9.67. The summed E-state index contributed by atoms with van der Waals surface area (Å²) in [6, 6.07) is 0.218. The van der Waals surface area contributed by atoms with Crippen molar-refractivity contribution in [3.8, 4) is 0 Å². The highest BCUT2D eigenvalue weighted by molar-refractivity contribution is 5.75. The quantitative estimate of drug-likeness (QED) is 0.852. The molecule has 2 aliphatic heterocycles. The van der Waals surface area contributed by atoms with Crippen LogP contribution in [0.25, 0.3) is 0 Å². The molecule has 3 aliphatic rings. The van der Waals surface area contributed by atoms with Crippen molar-refractivity contribution in [1.29, 1.82) is 0 Å². The van der Waals surface area contributed by atoms with Gasteiger partial charge in [-0.1, -0.05) is 19.8 Å². The van der Waals surface area contributed by atoms with Gasteiger partial charge in [0.2, 0.25) is 0 Å². The van der Waals surface area contributed by atoms with Crippen LogP contribution in [0, 0.1) is 5.41 Å². The molecule has 0 aromatic rings. The first-order chi connectivity index (χ1) is 9.15. The molecule has 4 nitrogen and oxygen atoms in total. The van der Waals surface area contributed by atoms with E-state index >= 15 is 0 Å². The molecule has 4 atom stereocenters. The fraction of sp³-hybridized carbons (Fsp3) is 0.933. The fourth-order valence-corrected chi connectivity index (χ4v) is 4.47. The SMILES string of the molecule is CC[C@]1(C(=O)O)CCCC[C@@H]1N1CC2CCC(C1)O2. The van der Waals surface area contributed by atoms with E-state index in [1.807, 2.05) is 6.92 Å². The Morgan fingerprint density at radius 3 is 2.53 bits per heavy atom. The first-order valence-corrected chi connectivity index (χ1v) is 7.78. The third kappa shape index (κ3) is 2.19. The summed E-state index contributed by atoms with van der Waals surface area (Å²) in [4.78, 5) is 14.3. The van der Waals surface area contributed by atoms with E-state index in [0.717, 1.165) is 51.6 Å². The zero-order chi connectivity index (χ0) is 13.5. The molecular formula is C15H25NO3. The Kier molecular flexibility index (Phi) is 3.56. The van der Waals surface area contributed by atoms with Gasteiger partial charge < -0.3 is 9.84 Å². The summed E-state index contributed by atoms with van der Waals surface area (Å²) in [7, 11) is 0. The molecule has 1 aliphatic carbocycles. The Morgan fingerprint density at radius 2 is 1.95 bits per heavy atom. The minimum absolute atomic E-state index is 0.218. The summed E-state index contributed by atoms with van der Waals surface area (Å²) in [6.07, 6.45) is 7.88. The van der Waals surface area contributed by atoms with Crippen molar-refractivity contribution in [3.63, 3.8) is 0 Å². The van der Waals surface area contributed by atoms with E-state index in [4.69, 9.17) is 4.74 Å². The number of morpholine rings is 1. The lowest BCUT2D eigenvalue weighted by molar-refractivity contribution is -0.161. The molecule has 3 rings (SSSR count). The van der Waals surface area contributed by atoms with Gasteiger partial charge in [-0.25, -0.2) is 0 Å². The largest absolute Gasteiger partial charge is 0.481 e. The standard InChI is InChI=1S/C15H25NO3/c1-2-15(14(17)18)8-4-3-5-13(15)16-9-11-6-7-12(10-16)19-11/h11-13H,2-10H2,1H3,(H,17,18)/t11?,12?,13-,15-/m0/s1. The highest BCUT2D eigenvalue weighted by atomic mass is 16.5. The number of rotatable bonds is 3. The van der Waals surface area contributed by atoms with Gasteiger partial charge in [-0.2, -0.15) is 0 Å². The molecule has 0 spiro atoms. The second-order valence-corrected chi connectivity index (χ2v) is 6.49. The van der Waals surface area contributed by atoms with Crippen molar-refractivity contribution in [3.05, 3.63) is 0 Å². The topological polar surface area (TPSA) is 49.8 Å². The number of hydrogen-bond acceptors (Lipinski definition) is 3. The van der Waals surface area contributed by atoms with Gasteiger partial charge in [0, 0.05) is 19.1 Å². The van der Waals surface area contributed by atoms with Gasteiger partial charge in [-0.15, -0.1) is 0 Å². The number of aliphatic carboxylic acids is 1. The average Bonchev–Trinajstić information content (AvgIpc) is 2.77. The summed E-state index contributed by atoms with van der Waals surface area (Å²) in [5.41, 5.74) is -0.519. The molecule has 1 N–H and O–H groups in total. The van der Waals surface area contributed by atoms with Gasteiger partial charge in [-0.05, 0) is 32.1 Å². The smallest absolute Gasteiger partial charge is 0.311 e. The number of carbonyl (C=O) groups is 1. The maximum atomic E-state index is 11.9. The maximum Gasteiger partial charge on any atom is 0.311 e. The van der Waals surface area contributed by atoms with Gasteiger partial charge in [0.25, 0.3) is 0 Å². The minimum atomic E-state index is -0.585. The zero-order valence-electron chi connectivity index (χ0n) is 11.8. The summed E-state index contributed by atoms with van der Waals surface area (Å²) >= 11 is 0. The van der Waals surface area contributed by atoms with Gasteiger partial charge in [0.1, 0.15) is 0 Å². The predicted octanol–water partition coefficient (Wildman–Crippen LogP) is 2.27. The first kappa shape index (κ1) is 13.4. The van der Waals surface area contributed by atoms with E-state index < -0.39 is 11.4 Å². The molecular weight excluding hydrogens is 242 g/mol. The highest BCUT2D eigenvalue weighted by Gasteiger charge is 2.50. The molecule has 0 aromatic carbocycles. The fourth-order valence-electron chi connectivity index (χ4n) is 4.47. The molecule has 108 valence electrons. The van der Waals surface area contributed by atoms with Crippen molar-refractivity contribution >= 4 is 5.97 Å². The van der Waals surface area contributed by atoms with Crippen LogP contribution >= 0.6 is 0 Å². The average molecular weight is 267 g/mol. The van der Waals surface area contributed by atoms with Crippen LogP contribution in [0.15, 0.2) is 0 Å². The lowest BCUT2D eigenvalue weighted by Crippen LogP contribution is -2.58. The molecule has 0 amide bonds. The number of likely N-dealkylation sites (tertiary alicyclic amines) is 1. The predicted molar refractivity (Wildman–Crippen MR) is 72.1 cm³/mol. The Labute approximate surface area is 115 Å². The zero-order valence-corrected chi connectivity index (χ0v) is 11.8. The van der Waals surface area contributed by atoms with Crippen molar-refractivity contribution < 1.29 is 14.6 Å². The summed E-state index contributed by atoms with van der Waals surface area (Å²) in [5, 5.41) is 9.78. The molecule has 2 unspecified atom stereocenters. The summed E-state index contributed by atoms with van der Waals surface area (Å²) < 4.78 is 5.89. The Bertz CT molecular complexity index is 347. The molecule has 0 aromatic heterocycles. The van der Waals surface area contributed by atoms with Crippen LogP contribution in [-0.2, 0) is 9.53 Å². The van der Waals surface area contributed by atoms with Crippen LogP contribution in [0.3, 0.4) is 0 Å². The van der Waals surface area contributed by atoms with Gasteiger partial charge in [-0.3, -0.25) is 9.69 Å². The molecule has 2 saturated heterocycles. The van der Waals surface area contributed by atoms with E-state index in [1.165, 1.54) is 6.42 Å². The van der Waals surface area contributed by atoms with Gasteiger partial charge in [0.05, 0.1) is 17.6 Å². The first-order valence-electron chi connectivity index (χ1n) is 7.78. The van der Waals surface area contributed by atoms with E-state index in [1.54, 1.807) is 0 Å². The number of fused-ring (bicyclic) bond motifs is 2. The van der Waals surface area contributed by atoms with Crippen LogP contribution < -0.4 is 0 Å². The number of nitrogens with zero attached hydrogens (tertiary/aromatic N) is 1. The van der Waals surface area contributed by atoms with E-state index in [0.29, 0.717) is 12.2 Å².